The molecule has 1 aliphatic rings. The topological polar surface area (TPSA) is 88.2 Å². The van der Waals surface area contributed by atoms with E-state index in [2.05, 4.69) is 17.2 Å². The molecule has 25 heavy (non-hydrogen) atoms. The second-order valence-corrected chi connectivity index (χ2v) is 6.40. The zero-order valence-electron chi connectivity index (χ0n) is 13.7. The van der Waals surface area contributed by atoms with Gasteiger partial charge in [-0.2, -0.15) is 0 Å². The highest BCUT2D eigenvalue weighted by Gasteiger charge is 2.36. The SMILES string of the molecule is C[C@@H]1C[C@@H]1c1ccc(CNC(=O)c2ccc(-c3ccco3)[nH]c2=O)o1. The van der Waals surface area contributed by atoms with Crippen LogP contribution in [0.3, 0.4) is 0 Å². The Morgan fingerprint density at radius 2 is 2.12 bits per heavy atom. The standard InChI is InChI=1S/C19H18N2O4/c1-11-9-14(11)16-7-4-12(25-16)10-20-18(22)13-5-6-15(21-19(13)23)17-3-2-8-24-17/h2-8,11,14H,9-10H2,1H3,(H,20,22)(H,21,23)/t11-,14+/m1/s1. The quantitative estimate of drug-likeness (QED) is 0.747. The molecule has 0 bridgehead atoms. The Morgan fingerprint density at radius 1 is 1.28 bits per heavy atom. The van der Waals surface area contributed by atoms with Crippen LogP contribution < -0.4 is 10.9 Å². The van der Waals surface area contributed by atoms with Crippen molar-refractivity contribution in [2.45, 2.75) is 25.8 Å². The van der Waals surface area contributed by atoms with E-state index in [4.69, 9.17) is 8.83 Å². The Balaban J connectivity index is 1.42. The van der Waals surface area contributed by atoms with Crippen LogP contribution >= 0.6 is 0 Å². The van der Waals surface area contributed by atoms with Crippen LogP contribution in [-0.4, -0.2) is 10.9 Å². The smallest absolute Gasteiger partial charge is 0.261 e. The summed E-state index contributed by atoms with van der Waals surface area (Å²) in [5.41, 5.74) is 0.122. The molecule has 1 aliphatic carbocycles. The molecule has 3 aromatic heterocycles. The predicted octanol–water partition coefficient (Wildman–Crippen LogP) is 3.28. The molecule has 6 nitrogen and oxygen atoms in total. The van der Waals surface area contributed by atoms with Crippen molar-refractivity contribution >= 4 is 5.91 Å². The number of carbonyl (C=O) groups excluding carboxylic acids is 1. The second kappa shape index (κ2) is 6.12. The first-order valence-electron chi connectivity index (χ1n) is 8.26. The van der Waals surface area contributed by atoms with Gasteiger partial charge in [-0.3, -0.25) is 9.59 Å². The Kier molecular flexibility index (Phi) is 3.80. The highest BCUT2D eigenvalue weighted by atomic mass is 16.3. The summed E-state index contributed by atoms with van der Waals surface area (Å²) >= 11 is 0. The fraction of sp³-hybridized carbons (Fsp3) is 0.263. The molecule has 4 rings (SSSR count). The normalized spacial score (nSPS) is 18.9. The molecule has 1 saturated carbocycles. The summed E-state index contributed by atoms with van der Waals surface area (Å²) in [5.74, 6) is 2.93. The first kappa shape index (κ1) is 15.5. The summed E-state index contributed by atoms with van der Waals surface area (Å²) in [6.45, 7) is 2.44. The maximum atomic E-state index is 12.2. The van der Waals surface area contributed by atoms with Gasteiger partial charge in [-0.15, -0.1) is 0 Å². The van der Waals surface area contributed by atoms with Crippen molar-refractivity contribution in [2.75, 3.05) is 0 Å². The van der Waals surface area contributed by atoms with E-state index in [0.29, 0.717) is 29.1 Å². The number of pyridine rings is 1. The highest BCUT2D eigenvalue weighted by Crippen LogP contribution is 2.47. The molecular formula is C19H18N2O4. The average molecular weight is 338 g/mol. The summed E-state index contributed by atoms with van der Waals surface area (Å²) in [4.78, 5) is 27.0. The van der Waals surface area contributed by atoms with Gasteiger partial charge in [0.1, 0.15) is 22.8 Å². The van der Waals surface area contributed by atoms with Crippen molar-refractivity contribution in [3.8, 4) is 11.5 Å². The molecule has 0 radical (unpaired) electrons. The molecule has 0 saturated heterocycles. The lowest BCUT2D eigenvalue weighted by molar-refractivity contribution is 0.0946. The van der Waals surface area contributed by atoms with E-state index in [-0.39, 0.29) is 12.1 Å². The minimum atomic E-state index is -0.460. The first-order chi connectivity index (χ1) is 12.1. The minimum absolute atomic E-state index is 0.0536. The molecule has 3 aromatic rings. The van der Waals surface area contributed by atoms with Gasteiger partial charge in [0.25, 0.3) is 11.5 Å². The molecule has 3 heterocycles. The number of hydrogen-bond donors (Lipinski definition) is 2. The Morgan fingerprint density at radius 3 is 2.80 bits per heavy atom. The van der Waals surface area contributed by atoms with Gasteiger partial charge in [0.2, 0.25) is 0 Å². The second-order valence-electron chi connectivity index (χ2n) is 6.40. The third-order valence-corrected chi connectivity index (χ3v) is 4.52. The molecule has 6 heteroatoms. The van der Waals surface area contributed by atoms with Crippen LogP contribution in [0.15, 0.2) is 56.3 Å². The number of H-pyrrole nitrogens is 1. The van der Waals surface area contributed by atoms with E-state index >= 15 is 0 Å². The largest absolute Gasteiger partial charge is 0.464 e. The first-order valence-corrected chi connectivity index (χ1v) is 8.26. The number of furan rings is 2. The molecular weight excluding hydrogens is 320 g/mol. The number of amides is 1. The van der Waals surface area contributed by atoms with Crippen molar-refractivity contribution in [3.63, 3.8) is 0 Å². The molecule has 128 valence electrons. The maximum Gasteiger partial charge on any atom is 0.261 e. The van der Waals surface area contributed by atoms with Crippen LogP contribution in [0.2, 0.25) is 0 Å². The van der Waals surface area contributed by atoms with E-state index in [9.17, 15) is 9.59 Å². The Labute approximate surface area is 143 Å². The monoisotopic (exact) mass is 338 g/mol. The van der Waals surface area contributed by atoms with E-state index in [1.807, 2.05) is 12.1 Å². The van der Waals surface area contributed by atoms with Crippen LogP contribution in [0.4, 0.5) is 0 Å². The molecule has 0 spiro atoms. The number of aromatic nitrogens is 1. The molecule has 2 N–H and O–H groups in total. The molecule has 1 fully saturated rings. The van der Waals surface area contributed by atoms with Gasteiger partial charge < -0.3 is 19.1 Å². The Hall–Kier alpha value is -3.02. The summed E-state index contributed by atoms with van der Waals surface area (Å²) in [7, 11) is 0. The number of rotatable bonds is 5. The zero-order chi connectivity index (χ0) is 17.4. The van der Waals surface area contributed by atoms with Crippen LogP contribution in [0, 0.1) is 5.92 Å². The van der Waals surface area contributed by atoms with Crippen molar-refractivity contribution in [2.24, 2.45) is 5.92 Å². The van der Waals surface area contributed by atoms with Crippen LogP contribution in [0.5, 0.6) is 0 Å². The molecule has 1 amide bonds. The Bertz CT molecular complexity index is 952. The lowest BCUT2D eigenvalue weighted by Crippen LogP contribution is -2.29. The van der Waals surface area contributed by atoms with Crippen molar-refractivity contribution in [3.05, 3.63) is 70.1 Å². The van der Waals surface area contributed by atoms with Gasteiger partial charge >= 0.3 is 0 Å². The summed E-state index contributed by atoms with van der Waals surface area (Å²) < 4.78 is 11.0. The van der Waals surface area contributed by atoms with Gasteiger partial charge in [0.05, 0.1) is 18.5 Å². The van der Waals surface area contributed by atoms with Crippen molar-refractivity contribution < 1.29 is 13.6 Å². The predicted molar refractivity (Wildman–Crippen MR) is 91.2 cm³/mol. The van der Waals surface area contributed by atoms with Crippen molar-refractivity contribution in [1.82, 2.24) is 10.3 Å². The van der Waals surface area contributed by atoms with Gasteiger partial charge in [-0.05, 0) is 48.7 Å². The third kappa shape index (κ3) is 3.15. The molecule has 0 aromatic carbocycles. The van der Waals surface area contributed by atoms with Gasteiger partial charge in [0.15, 0.2) is 0 Å². The summed E-state index contributed by atoms with van der Waals surface area (Å²) in [6, 6.07) is 10.4. The highest BCUT2D eigenvalue weighted by molar-refractivity contribution is 5.93. The molecule has 0 unspecified atom stereocenters. The van der Waals surface area contributed by atoms with Gasteiger partial charge in [-0.1, -0.05) is 6.92 Å². The van der Waals surface area contributed by atoms with Crippen LogP contribution in [0.25, 0.3) is 11.5 Å². The van der Waals surface area contributed by atoms with Gasteiger partial charge in [0, 0.05) is 5.92 Å². The van der Waals surface area contributed by atoms with Crippen molar-refractivity contribution in [1.29, 1.82) is 0 Å². The lowest BCUT2D eigenvalue weighted by Gasteiger charge is -2.04. The number of carbonyl (C=O) groups is 1. The zero-order valence-corrected chi connectivity index (χ0v) is 13.7. The summed E-state index contributed by atoms with van der Waals surface area (Å²) in [6.07, 6.45) is 2.67. The number of aromatic amines is 1. The van der Waals surface area contributed by atoms with E-state index in [1.54, 1.807) is 18.2 Å². The fourth-order valence-corrected chi connectivity index (χ4v) is 2.90. The van der Waals surface area contributed by atoms with Crippen LogP contribution in [-0.2, 0) is 6.54 Å². The number of nitrogens with one attached hydrogen (secondary N) is 2. The molecule has 0 aliphatic heterocycles. The molecule has 2 atom stereocenters. The number of hydrogen-bond acceptors (Lipinski definition) is 4. The summed E-state index contributed by atoms with van der Waals surface area (Å²) in [5, 5.41) is 2.72. The van der Waals surface area contributed by atoms with E-state index in [1.165, 1.54) is 12.3 Å². The lowest BCUT2D eigenvalue weighted by atomic mass is 10.2. The third-order valence-electron chi connectivity index (χ3n) is 4.52. The average Bonchev–Trinajstić information content (AvgIpc) is 3.04. The van der Waals surface area contributed by atoms with Gasteiger partial charge in [-0.25, -0.2) is 0 Å². The fourth-order valence-electron chi connectivity index (χ4n) is 2.90. The minimum Gasteiger partial charge on any atom is -0.464 e. The van der Waals surface area contributed by atoms with Crippen LogP contribution in [0.1, 0.15) is 41.1 Å². The van der Waals surface area contributed by atoms with E-state index in [0.717, 1.165) is 12.2 Å². The van der Waals surface area contributed by atoms with E-state index < -0.39 is 11.5 Å². The maximum absolute atomic E-state index is 12.2.